The standard InChI is InChI=1S/C19H22N2O5S/c1-14-4-2-3-5-15(14)13-20-19(22)8-9-21-27(23,24)16-6-7-17-18(12-16)26-11-10-25-17/h2-7,12,21H,8-11,13H2,1H3,(H,20,22). The average Bonchev–Trinajstić information content (AvgIpc) is 2.67. The van der Waals surface area contributed by atoms with Crippen LogP contribution < -0.4 is 19.5 Å². The highest BCUT2D eigenvalue weighted by Gasteiger charge is 2.19. The van der Waals surface area contributed by atoms with E-state index in [4.69, 9.17) is 9.47 Å². The quantitative estimate of drug-likeness (QED) is 0.751. The number of nitrogens with one attached hydrogen (secondary N) is 2. The Morgan fingerprint density at radius 1 is 1.07 bits per heavy atom. The molecule has 144 valence electrons. The molecule has 1 heterocycles. The van der Waals surface area contributed by atoms with Gasteiger partial charge in [0.1, 0.15) is 13.2 Å². The lowest BCUT2D eigenvalue weighted by molar-refractivity contribution is -0.121. The van der Waals surface area contributed by atoms with E-state index >= 15 is 0 Å². The van der Waals surface area contributed by atoms with Crippen LogP contribution in [0.15, 0.2) is 47.4 Å². The van der Waals surface area contributed by atoms with Gasteiger partial charge in [0.25, 0.3) is 0 Å². The maximum absolute atomic E-state index is 12.4. The molecule has 2 aromatic carbocycles. The van der Waals surface area contributed by atoms with Gasteiger partial charge in [-0.05, 0) is 30.2 Å². The summed E-state index contributed by atoms with van der Waals surface area (Å²) in [6.45, 7) is 3.22. The maximum Gasteiger partial charge on any atom is 0.240 e. The lowest BCUT2D eigenvalue weighted by Gasteiger charge is -2.18. The predicted octanol–water partition coefficient (Wildman–Crippen LogP) is 1.75. The van der Waals surface area contributed by atoms with Crippen molar-refractivity contribution in [2.24, 2.45) is 0 Å². The summed E-state index contributed by atoms with van der Waals surface area (Å²) >= 11 is 0. The summed E-state index contributed by atoms with van der Waals surface area (Å²) < 4.78 is 38.0. The first-order valence-electron chi connectivity index (χ1n) is 8.66. The first kappa shape index (κ1) is 19.2. The number of fused-ring (bicyclic) bond motifs is 1. The summed E-state index contributed by atoms with van der Waals surface area (Å²) in [5.74, 6) is 0.707. The van der Waals surface area contributed by atoms with E-state index in [0.29, 0.717) is 31.3 Å². The number of aryl methyl sites for hydroxylation is 1. The average molecular weight is 390 g/mol. The van der Waals surface area contributed by atoms with Crippen LogP contribution in [-0.2, 0) is 21.4 Å². The zero-order chi connectivity index (χ0) is 19.3. The molecule has 0 radical (unpaired) electrons. The number of sulfonamides is 1. The molecule has 1 amide bonds. The van der Waals surface area contributed by atoms with Gasteiger partial charge in [-0.2, -0.15) is 0 Å². The summed E-state index contributed by atoms with van der Waals surface area (Å²) in [6, 6.07) is 12.2. The van der Waals surface area contributed by atoms with E-state index in [1.54, 1.807) is 6.07 Å². The van der Waals surface area contributed by atoms with Crippen LogP contribution in [0.3, 0.4) is 0 Å². The Labute approximate surface area is 158 Å². The van der Waals surface area contributed by atoms with Crippen molar-refractivity contribution in [3.8, 4) is 11.5 Å². The highest BCUT2D eigenvalue weighted by Crippen LogP contribution is 2.32. The van der Waals surface area contributed by atoms with Crippen LogP contribution in [0.4, 0.5) is 0 Å². The molecule has 0 saturated heterocycles. The molecule has 2 aromatic rings. The van der Waals surface area contributed by atoms with E-state index in [2.05, 4.69) is 10.0 Å². The SMILES string of the molecule is Cc1ccccc1CNC(=O)CCNS(=O)(=O)c1ccc2c(c1)OCCO2. The summed E-state index contributed by atoms with van der Waals surface area (Å²) in [4.78, 5) is 12.0. The van der Waals surface area contributed by atoms with Crippen LogP contribution >= 0.6 is 0 Å². The second kappa shape index (κ2) is 8.41. The fourth-order valence-electron chi connectivity index (χ4n) is 2.66. The Balaban J connectivity index is 1.50. The predicted molar refractivity (Wildman–Crippen MR) is 100 cm³/mol. The molecule has 0 unspecified atom stereocenters. The second-order valence-corrected chi connectivity index (χ2v) is 7.92. The van der Waals surface area contributed by atoms with Gasteiger partial charge >= 0.3 is 0 Å². The van der Waals surface area contributed by atoms with Gasteiger partial charge in [-0.25, -0.2) is 13.1 Å². The number of hydrogen-bond acceptors (Lipinski definition) is 5. The fourth-order valence-corrected chi connectivity index (χ4v) is 3.71. The zero-order valence-corrected chi connectivity index (χ0v) is 15.8. The molecule has 1 aliphatic heterocycles. The number of ether oxygens (including phenoxy) is 2. The molecule has 2 N–H and O–H groups in total. The molecule has 3 rings (SSSR count). The highest BCUT2D eigenvalue weighted by molar-refractivity contribution is 7.89. The van der Waals surface area contributed by atoms with Gasteiger partial charge in [-0.15, -0.1) is 0 Å². The Kier molecular flexibility index (Phi) is 5.98. The van der Waals surface area contributed by atoms with Crippen molar-refractivity contribution in [2.45, 2.75) is 24.8 Å². The molecule has 0 spiro atoms. The van der Waals surface area contributed by atoms with E-state index in [1.165, 1.54) is 12.1 Å². The van der Waals surface area contributed by atoms with Gasteiger partial charge in [0.2, 0.25) is 15.9 Å². The largest absolute Gasteiger partial charge is 0.486 e. The molecule has 1 aliphatic rings. The molecule has 0 saturated carbocycles. The minimum Gasteiger partial charge on any atom is -0.486 e. The maximum atomic E-state index is 12.4. The van der Waals surface area contributed by atoms with Crippen LogP contribution in [-0.4, -0.2) is 34.1 Å². The van der Waals surface area contributed by atoms with Gasteiger partial charge in [0.15, 0.2) is 11.5 Å². The molecule has 0 atom stereocenters. The topological polar surface area (TPSA) is 93.7 Å². The van der Waals surface area contributed by atoms with Crippen molar-refractivity contribution < 1.29 is 22.7 Å². The molecule has 7 nitrogen and oxygen atoms in total. The van der Waals surface area contributed by atoms with Crippen LogP contribution in [0.5, 0.6) is 11.5 Å². The number of benzene rings is 2. The zero-order valence-electron chi connectivity index (χ0n) is 15.0. The van der Waals surface area contributed by atoms with Crippen molar-refractivity contribution >= 4 is 15.9 Å². The number of hydrogen-bond donors (Lipinski definition) is 2. The molecule has 0 aliphatic carbocycles. The lowest BCUT2D eigenvalue weighted by Crippen LogP contribution is -2.30. The molecular weight excluding hydrogens is 368 g/mol. The Morgan fingerprint density at radius 3 is 2.59 bits per heavy atom. The molecule has 0 aromatic heterocycles. The van der Waals surface area contributed by atoms with Crippen molar-refractivity contribution in [3.63, 3.8) is 0 Å². The number of carbonyl (C=O) groups is 1. The van der Waals surface area contributed by atoms with Gasteiger partial charge in [0, 0.05) is 25.6 Å². The number of carbonyl (C=O) groups excluding carboxylic acids is 1. The molecule has 0 fully saturated rings. The van der Waals surface area contributed by atoms with Gasteiger partial charge < -0.3 is 14.8 Å². The van der Waals surface area contributed by atoms with E-state index < -0.39 is 10.0 Å². The van der Waals surface area contributed by atoms with Crippen LogP contribution in [0, 0.1) is 6.92 Å². The number of amides is 1. The summed E-state index contributed by atoms with van der Waals surface area (Å²) in [7, 11) is -3.73. The van der Waals surface area contributed by atoms with Crippen molar-refractivity contribution in [2.75, 3.05) is 19.8 Å². The normalized spacial score (nSPS) is 13.2. The first-order valence-corrected chi connectivity index (χ1v) is 10.1. The van der Waals surface area contributed by atoms with Crippen LogP contribution in [0.1, 0.15) is 17.5 Å². The molecular formula is C19H22N2O5S. The van der Waals surface area contributed by atoms with Crippen molar-refractivity contribution in [3.05, 3.63) is 53.6 Å². The lowest BCUT2D eigenvalue weighted by atomic mass is 10.1. The molecule has 0 bridgehead atoms. The fraction of sp³-hybridized carbons (Fsp3) is 0.316. The minimum absolute atomic E-state index is 0.0103. The van der Waals surface area contributed by atoms with E-state index in [9.17, 15) is 13.2 Å². The first-order chi connectivity index (χ1) is 13.0. The van der Waals surface area contributed by atoms with Crippen molar-refractivity contribution in [1.82, 2.24) is 10.0 Å². The van der Waals surface area contributed by atoms with Crippen LogP contribution in [0.25, 0.3) is 0 Å². The molecule has 8 heteroatoms. The summed E-state index contributed by atoms with van der Waals surface area (Å²) in [6.07, 6.45) is 0.0513. The van der Waals surface area contributed by atoms with E-state index in [0.717, 1.165) is 11.1 Å². The third-order valence-electron chi connectivity index (χ3n) is 4.21. The Hall–Kier alpha value is -2.58. The Morgan fingerprint density at radius 2 is 1.81 bits per heavy atom. The second-order valence-electron chi connectivity index (χ2n) is 6.16. The van der Waals surface area contributed by atoms with E-state index in [-0.39, 0.29) is 23.8 Å². The summed E-state index contributed by atoms with van der Waals surface area (Å²) in [5.41, 5.74) is 2.12. The smallest absolute Gasteiger partial charge is 0.240 e. The molecule has 27 heavy (non-hydrogen) atoms. The third-order valence-corrected chi connectivity index (χ3v) is 5.66. The number of rotatable bonds is 7. The van der Waals surface area contributed by atoms with Gasteiger partial charge in [-0.3, -0.25) is 4.79 Å². The highest BCUT2D eigenvalue weighted by atomic mass is 32.2. The monoisotopic (exact) mass is 390 g/mol. The van der Waals surface area contributed by atoms with Crippen LogP contribution in [0.2, 0.25) is 0 Å². The van der Waals surface area contributed by atoms with Gasteiger partial charge in [-0.1, -0.05) is 24.3 Å². The summed E-state index contributed by atoms with van der Waals surface area (Å²) in [5, 5.41) is 2.80. The van der Waals surface area contributed by atoms with Gasteiger partial charge in [0.05, 0.1) is 4.90 Å². The van der Waals surface area contributed by atoms with E-state index in [1.807, 2.05) is 31.2 Å². The minimum atomic E-state index is -3.73. The van der Waals surface area contributed by atoms with Crippen molar-refractivity contribution in [1.29, 1.82) is 0 Å². The third kappa shape index (κ3) is 4.99. The Bertz CT molecular complexity index is 927.